The third-order valence-electron chi connectivity index (χ3n) is 2.51. The first kappa shape index (κ1) is 13.6. The molecule has 2 rings (SSSR count). The minimum Gasteiger partial charge on any atom is -0.439 e. The molecular formula is C14H15N5O. The summed E-state index contributed by atoms with van der Waals surface area (Å²) in [6, 6.07) is 11.0. The lowest BCUT2D eigenvalue weighted by molar-refractivity contribution is 0.463. The van der Waals surface area contributed by atoms with Gasteiger partial charge < -0.3 is 15.8 Å². The molecule has 1 heterocycles. The van der Waals surface area contributed by atoms with Crippen LogP contribution in [0.1, 0.15) is 12.5 Å². The fourth-order valence-electron chi connectivity index (χ4n) is 1.65. The highest BCUT2D eigenvalue weighted by molar-refractivity contribution is 5.44. The number of hydrogen-bond acceptors (Lipinski definition) is 6. The highest BCUT2D eigenvalue weighted by Crippen LogP contribution is 2.22. The minimum absolute atomic E-state index is 0.152. The molecular weight excluding hydrogens is 254 g/mol. The lowest BCUT2D eigenvalue weighted by Crippen LogP contribution is -2.04. The number of nitrogens with one attached hydrogen (secondary N) is 1. The van der Waals surface area contributed by atoms with Crippen LogP contribution in [-0.4, -0.2) is 16.5 Å². The van der Waals surface area contributed by atoms with Crippen LogP contribution in [-0.2, 0) is 6.42 Å². The monoisotopic (exact) mass is 269 g/mol. The molecule has 2 aromatic rings. The van der Waals surface area contributed by atoms with Crippen LogP contribution in [0.5, 0.6) is 11.6 Å². The van der Waals surface area contributed by atoms with Gasteiger partial charge >= 0.3 is 0 Å². The van der Waals surface area contributed by atoms with Crippen LogP contribution in [0, 0.1) is 11.3 Å². The number of benzene rings is 1. The molecule has 20 heavy (non-hydrogen) atoms. The lowest BCUT2D eigenvalue weighted by Gasteiger charge is -2.08. The zero-order valence-corrected chi connectivity index (χ0v) is 11.1. The summed E-state index contributed by atoms with van der Waals surface area (Å²) in [5.41, 5.74) is 6.57. The van der Waals surface area contributed by atoms with Crippen LogP contribution in [0.15, 0.2) is 30.3 Å². The molecule has 0 spiro atoms. The summed E-state index contributed by atoms with van der Waals surface area (Å²) in [6.07, 6.45) is 0.380. The molecule has 0 saturated heterocycles. The number of hydrogen-bond donors (Lipinski definition) is 2. The van der Waals surface area contributed by atoms with Crippen molar-refractivity contribution in [3.63, 3.8) is 0 Å². The Morgan fingerprint density at radius 3 is 2.70 bits per heavy atom. The van der Waals surface area contributed by atoms with Gasteiger partial charge in [0.2, 0.25) is 11.8 Å². The number of aromatic nitrogens is 2. The molecule has 0 amide bonds. The standard InChI is InChI=1S/C14H15N5O/c1-2-17-12-9-13(19-14(16)18-12)20-11-5-3-10(4-6-11)7-8-15/h3-6,9H,2,7H2,1H3,(H3,16,17,18,19). The first-order valence-corrected chi connectivity index (χ1v) is 6.23. The van der Waals surface area contributed by atoms with Crippen LogP contribution in [0.4, 0.5) is 11.8 Å². The largest absolute Gasteiger partial charge is 0.439 e. The van der Waals surface area contributed by atoms with Crippen molar-refractivity contribution in [2.24, 2.45) is 0 Å². The number of nitriles is 1. The van der Waals surface area contributed by atoms with E-state index in [1.54, 1.807) is 18.2 Å². The number of nitrogens with zero attached hydrogens (tertiary/aromatic N) is 3. The molecule has 6 heteroatoms. The molecule has 1 aromatic heterocycles. The molecule has 0 aliphatic heterocycles. The smallest absolute Gasteiger partial charge is 0.226 e. The maximum atomic E-state index is 8.62. The maximum Gasteiger partial charge on any atom is 0.226 e. The molecule has 0 aliphatic carbocycles. The van der Waals surface area contributed by atoms with E-state index in [2.05, 4.69) is 21.4 Å². The van der Waals surface area contributed by atoms with Gasteiger partial charge in [-0.1, -0.05) is 12.1 Å². The predicted molar refractivity (Wildman–Crippen MR) is 76.4 cm³/mol. The molecule has 0 saturated carbocycles. The summed E-state index contributed by atoms with van der Waals surface area (Å²) in [6.45, 7) is 2.70. The fraction of sp³-hybridized carbons (Fsp3) is 0.214. The Hall–Kier alpha value is -2.81. The van der Waals surface area contributed by atoms with Gasteiger partial charge in [-0.25, -0.2) is 0 Å². The van der Waals surface area contributed by atoms with E-state index in [-0.39, 0.29) is 5.95 Å². The fourth-order valence-corrected chi connectivity index (χ4v) is 1.65. The first-order chi connectivity index (χ1) is 9.71. The molecule has 0 atom stereocenters. The van der Waals surface area contributed by atoms with Gasteiger partial charge in [-0.3, -0.25) is 0 Å². The van der Waals surface area contributed by atoms with Gasteiger partial charge in [0.15, 0.2) is 0 Å². The van der Waals surface area contributed by atoms with Crippen LogP contribution >= 0.6 is 0 Å². The Labute approximate surface area is 117 Å². The van der Waals surface area contributed by atoms with Gasteiger partial charge in [0.05, 0.1) is 12.5 Å². The van der Waals surface area contributed by atoms with E-state index < -0.39 is 0 Å². The summed E-state index contributed by atoms with van der Waals surface area (Å²) in [4.78, 5) is 8.07. The van der Waals surface area contributed by atoms with E-state index in [1.165, 1.54) is 0 Å². The van der Waals surface area contributed by atoms with Gasteiger partial charge in [-0.05, 0) is 24.6 Å². The van der Waals surface area contributed by atoms with Crippen molar-refractivity contribution in [1.29, 1.82) is 5.26 Å². The maximum absolute atomic E-state index is 8.62. The zero-order valence-electron chi connectivity index (χ0n) is 11.1. The Balaban J connectivity index is 2.14. The topological polar surface area (TPSA) is 96.8 Å². The van der Waals surface area contributed by atoms with Crippen molar-refractivity contribution in [1.82, 2.24) is 9.97 Å². The highest BCUT2D eigenvalue weighted by atomic mass is 16.5. The summed E-state index contributed by atoms with van der Waals surface area (Å²) < 4.78 is 5.63. The summed E-state index contributed by atoms with van der Waals surface area (Å²) in [5, 5.41) is 11.7. The van der Waals surface area contributed by atoms with E-state index >= 15 is 0 Å². The second-order valence-corrected chi connectivity index (χ2v) is 4.06. The molecule has 3 N–H and O–H groups in total. The third kappa shape index (κ3) is 3.59. The Bertz CT molecular complexity index is 618. The second kappa shape index (κ2) is 6.38. The van der Waals surface area contributed by atoms with Crippen molar-refractivity contribution >= 4 is 11.8 Å². The van der Waals surface area contributed by atoms with Crippen LogP contribution in [0.2, 0.25) is 0 Å². The van der Waals surface area contributed by atoms with E-state index in [4.69, 9.17) is 15.7 Å². The number of anilines is 2. The minimum atomic E-state index is 0.152. The van der Waals surface area contributed by atoms with Crippen LogP contribution in [0.3, 0.4) is 0 Å². The molecule has 0 aliphatic rings. The van der Waals surface area contributed by atoms with E-state index in [0.717, 1.165) is 12.1 Å². The molecule has 102 valence electrons. The van der Waals surface area contributed by atoms with Gasteiger partial charge in [-0.2, -0.15) is 15.2 Å². The summed E-state index contributed by atoms with van der Waals surface area (Å²) >= 11 is 0. The molecule has 0 bridgehead atoms. The van der Waals surface area contributed by atoms with Crippen molar-refractivity contribution in [2.45, 2.75) is 13.3 Å². The highest BCUT2D eigenvalue weighted by Gasteiger charge is 2.04. The number of rotatable bonds is 5. The van der Waals surface area contributed by atoms with Crippen molar-refractivity contribution < 1.29 is 4.74 Å². The Morgan fingerprint density at radius 1 is 1.30 bits per heavy atom. The van der Waals surface area contributed by atoms with Gasteiger partial charge in [-0.15, -0.1) is 0 Å². The average molecular weight is 269 g/mol. The molecule has 0 radical (unpaired) electrons. The third-order valence-corrected chi connectivity index (χ3v) is 2.51. The zero-order chi connectivity index (χ0) is 14.4. The summed E-state index contributed by atoms with van der Waals surface area (Å²) in [5.74, 6) is 1.78. The quantitative estimate of drug-likeness (QED) is 0.864. The van der Waals surface area contributed by atoms with Crippen molar-refractivity contribution in [3.05, 3.63) is 35.9 Å². The van der Waals surface area contributed by atoms with Gasteiger partial charge in [0, 0.05) is 12.6 Å². The molecule has 6 nitrogen and oxygen atoms in total. The SMILES string of the molecule is CCNc1cc(Oc2ccc(CC#N)cc2)nc(N)n1. The summed E-state index contributed by atoms with van der Waals surface area (Å²) in [7, 11) is 0. The lowest BCUT2D eigenvalue weighted by atomic mass is 10.2. The average Bonchev–Trinajstić information content (AvgIpc) is 2.41. The molecule has 1 aromatic carbocycles. The van der Waals surface area contributed by atoms with E-state index in [0.29, 0.717) is 23.9 Å². The number of ether oxygens (including phenoxy) is 1. The van der Waals surface area contributed by atoms with Crippen LogP contribution in [0.25, 0.3) is 0 Å². The van der Waals surface area contributed by atoms with Crippen LogP contribution < -0.4 is 15.8 Å². The molecule has 0 unspecified atom stereocenters. The van der Waals surface area contributed by atoms with Gasteiger partial charge in [0.25, 0.3) is 0 Å². The first-order valence-electron chi connectivity index (χ1n) is 6.23. The molecule has 0 fully saturated rings. The Kier molecular flexibility index (Phi) is 4.35. The van der Waals surface area contributed by atoms with E-state index in [9.17, 15) is 0 Å². The number of nitrogen functional groups attached to an aromatic ring is 1. The number of nitrogens with two attached hydrogens (primary N) is 1. The van der Waals surface area contributed by atoms with Crippen molar-refractivity contribution in [2.75, 3.05) is 17.6 Å². The van der Waals surface area contributed by atoms with Gasteiger partial charge in [0.1, 0.15) is 11.6 Å². The predicted octanol–water partition coefficient (Wildman–Crippen LogP) is 2.35. The normalized spacial score (nSPS) is 9.80. The van der Waals surface area contributed by atoms with E-state index in [1.807, 2.05) is 19.1 Å². The van der Waals surface area contributed by atoms with Crippen molar-refractivity contribution in [3.8, 4) is 17.7 Å². The second-order valence-electron chi connectivity index (χ2n) is 4.06. The Morgan fingerprint density at radius 2 is 2.05 bits per heavy atom.